The first-order valence-electron chi connectivity index (χ1n) is 8.83. The van der Waals surface area contributed by atoms with E-state index in [1.807, 2.05) is 0 Å². The Morgan fingerprint density at radius 2 is 1.87 bits per heavy atom. The molecule has 3 aromatic rings. The van der Waals surface area contributed by atoms with Crippen LogP contribution in [0.4, 0.5) is 13.2 Å². The van der Waals surface area contributed by atoms with Crippen LogP contribution >= 0.6 is 0 Å². The molecular formula is C20H17F3N2O5S. The zero-order chi connectivity index (χ0) is 23.1. The van der Waals surface area contributed by atoms with Gasteiger partial charge in [0.1, 0.15) is 5.65 Å². The number of alkyl halides is 3. The monoisotopic (exact) mass is 454 g/mol. The number of nitrogens with zero attached hydrogens (tertiary/aromatic N) is 2. The Morgan fingerprint density at radius 1 is 1.19 bits per heavy atom. The summed E-state index contributed by atoms with van der Waals surface area (Å²) >= 11 is 0. The molecule has 0 bridgehead atoms. The molecule has 2 aromatic heterocycles. The molecule has 0 saturated carbocycles. The molecule has 31 heavy (non-hydrogen) atoms. The van der Waals surface area contributed by atoms with Gasteiger partial charge in [0.05, 0.1) is 23.1 Å². The van der Waals surface area contributed by atoms with Crippen LogP contribution in [0.5, 0.6) is 0 Å². The van der Waals surface area contributed by atoms with Crippen LogP contribution in [0.3, 0.4) is 0 Å². The quantitative estimate of drug-likeness (QED) is 0.334. The summed E-state index contributed by atoms with van der Waals surface area (Å²) < 4.78 is 70.3. The Balaban J connectivity index is 2.23. The highest BCUT2D eigenvalue weighted by molar-refractivity contribution is 7.90. The minimum atomic E-state index is -4.81. The average Bonchev–Trinajstić information content (AvgIpc) is 2.97. The second kappa shape index (κ2) is 7.80. The Hall–Kier alpha value is -3.21. The van der Waals surface area contributed by atoms with Crippen molar-refractivity contribution in [2.24, 2.45) is 0 Å². The molecule has 11 heteroatoms. The van der Waals surface area contributed by atoms with E-state index in [9.17, 15) is 31.2 Å². The predicted octanol–water partition coefficient (Wildman–Crippen LogP) is 3.17. The molecule has 164 valence electrons. The molecule has 0 spiro atoms. The summed E-state index contributed by atoms with van der Waals surface area (Å²) in [4.78, 5) is 28.0. The van der Waals surface area contributed by atoms with Gasteiger partial charge < -0.3 is 9.30 Å². The molecule has 0 atom stereocenters. The van der Waals surface area contributed by atoms with Gasteiger partial charge in [0.25, 0.3) is 5.78 Å². The summed E-state index contributed by atoms with van der Waals surface area (Å²) in [6, 6.07) is 5.81. The second-order valence-corrected chi connectivity index (χ2v) is 8.85. The molecule has 2 heterocycles. The molecular weight excluding hydrogens is 437 g/mol. The molecule has 0 N–H and O–H groups in total. The van der Waals surface area contributed by atoms with Gasteiger partial charge in [0.15, 0.2) is 9.84 Å². The van der Waals surface area contributed by atoms with Gasteiger partial charge in [-0.15, -0.1) is 0 Å². The number of ketones is 1. The van der Waals surface area contributed by atoms with Crippen LogP contribution in [-0.4, -0.2) is 43.1 Å². The Labute approximate surface area is 175 Å². The standard InChI is InChI=1S/C20H17F3N2O5S/c1-11-16(17(26)19(27)30-2)14-5-4-8-24-18(14)25(11)10-12-6-7-13(31(3,28)29)9-15(12)20(21,22)23/h4-9H,10H2,1-3H3. The second-order valence-electron chi connectivity index (χ2n) is 6.83. The van der Waals surface area contributed by atoms with Crippen molar-refractivity contribution >= 4 is 32.6 Å². The number of ether oxygens (including phenoxy) is 1. The van der Waals surface area contributed by atoms with Gasteiger partial charge in [-0.3, -0.25) is 4.79 Å². The van der Waals surface area contributed by atoms with E-state index in [2.05, 4.69) is 9.72 Å². The lowest BCUT2D eigenvalue weighted by Gasteiger charge is -2.16. The van der Waals surface area contributed by atoms with E-state index in [1.165, 1.54) is 29.8 Å². The number of halogens is 3. The first-order valence-corrected chi connectivity index (χ1v) is 10.7. The van der Waals surface area contributed by atoms with Crippen molar-refractivity contribution in [2.45, 2.75) is 24.5 Å². The van der Waals surface area contributed by atoms with E-state index in [0.717, 1.165) is 25.5 Å². The number of aromatic nitrogens is 2. The summed E-state index contributed by atoms with van der Waals surface area (Å²) in [6.45, 7) is 1.13. The van der Waals surface area contributed by atoms with Crippen molar-refractivity contribution in [1.82, 2.24) is 9.55 Å². The van der Waals surface area contributed by atoms with Gasteiger partial charge in [0, 0.05) is 30.1 Å². The van der Waals surface area contributed by atoms with Crippen LogP contribution in [0.25, 0.3) is 11.0 Å². The molecule has 7 nitrogen and oxygen atoms in total. The molecule has 0 fully saturated rings. The zero-order valence-electron chi connectivity index (χ0n) is 16.6. The number of Topliss-reactive ketones (excluding diaryl/α,β-unsaturated/α-hetero) is 1. The smallest absolute Gasteiger partial charge is 0.416 e. The molecule has 0 aliphatic carbocycles. The van der Waals surface area contributed by atoms with Gasteiger partial charge in [-0.05, 0) is 36.8 Å². The van der Waals surface area contributed by atoms with Crippen molar-refractivity contribution < 1.29 is 35.9 Å². The number of esters is 1. The summed E-state index contributed by atoms with van der Waals surface area (Å²) in [6.07, 6.45) is -2.59. The first kappa shape index (κ1) is 22.5. The van der Waals surface area contributed by atoms with Crippen LogP contribution in [0.15, 0.2) is 41.4 Å². The van der Waals surface area contributed by atoms with Gasteiger partial charge >= 0.3 is 12.1 Å². The normalized spacial score (nSPS) is 12.2. The SMILES string of the molecule is COC(=O)C(=O)c1c(C)n(Cc2ccc(S(C)(=O)=O)cc2C(F)(F)F)c2ncccc12. The number of methoxy groups -OCH3 is 1. The van der Waals surface area contributed by atoms with E-state index in [1.54, 1.807) is 0 Å². The number of benzene rings is 1. The van der Waals surface area contributed by atoms with E-state index in [0.29, 0.717) is 6.07 Å². The number of hydrogen-bond acceptors (Lipinski definition) is 6. The van der Waals surface area contributed by atoms with E-state index < -0.39 is 38.2 Å². The lowest BCUT2D eigenvalue weighted by molar-refractivity contribution is -0.138. The van der Waals surface area contributed by atoms with Crippen molar-refractivity contribution in [3.63, 3.8) is 0 Å². The third kappa shape index (κ3) is 4.18. The van der Waals surface area contributed by atoms with E-state index in [-0.39, 0.29) is 34.4 Å². The van der Waals surface area contributed by atoms with Crippen molar-refractivity contribution in [3.8, 4) is 0 Å². The zero-order valence-corrected chi connectivity index (χ0v) is 17.5. The van der Waals surface area contributed by atoms with Crippen molar-refractivity contribution in [3.05, 3.63) is 58.9 Å². The van der Waals surface area contributed by atoms with E-state index >= 15 is 0 Å². The minimum Gasteiger partial charge on any atom is -0.463 e. The number of sulfone groups is 1. The predicted molar refractivity (Wildman–Crippen MR) is 104 cm³/mol. The molecule has 3 rings (SSSR count). The molecule has 0 aliphatic rings. The Morgan fingerprint density at radius 3 is 2.45 bits per heavy atom. The number of carbonyl (C=O) groups is 2. The summed E-state index contributed by atoms with van der Waals surface area (Å²) in [5, 5.41) is 0.289. The molecule has 0 unspecified atom stereocenters. The third-order valence-corrected chi connectivity index (χ3v) is 5.93. The van der Waals surface area contributed by atoms with Gasteiger partial charge in [-0.25, -0.2) is 18.2 Å². The maximum Gasteiger partial charge on any atom is 0.416 e. The van der Waals surface area contributed by atoms with Gasteiger partial charge in [0.2, 0.25) is 0 Å². The lowest BCUT2D eigenvalue weighted by Crippen LogP contribution is -2.17. The van der Waals surface area contributed by atoms with Crippen LogP contribution in [-0.2, 0) is 32.1 Å². The van der Waals surface area contributed by atoms with Crippen LogP contribution in [0, 0.1) is 6.92 Å². The van der Waals surface area contributed by atoms with Crippen LogP contribution < -0.4 is 0 Å². The number of rotatable bonds is 5. The lowest BCUT2D eigenvalue weighted by atomic mass is 10.1. The Kier molecular flexibility index (Phi) is 5.66. The maximum absolute atomic E-state index is 13.7. The van der Waals surface area contributed by atoms with Gasteiger partial charge in [-0.1, -0.05) is 6.07 Å². The number of fused-ring (bicyclic) bond motifs is 1. The molecule has 0 saturated heterocycles. The summed E-state index contributed by atoms with van der Waals surface area (Å²) in [5.41, 5.74) is -0.927. The van der Waals surface area contributed by atoms with E-state index in [4.69, 9.17) is 0 Å². The summed E-state index contributed by atoms with van der Waals surface area (Å²) in [7, 11) is -2.81. The largest absolute Gasteiger partial charge is 0.463 e. The first-order chi connectivity index (χ1) is 14.4. The number of carbonyl (C=O) groups excluding carboxylic acids is 2. The van der Waals surface area contributed by atoms with Gasteiger partial charge in [-0.2, -0.15) is 13.2 Å². The number of hydrogen-bond donors (Lipinski definition) is 0. The van der Waals surface area contributed by atoms with Crippen LogP contribution in [0.2, 0.25) is 0 Å². The topological polar surface area (TPSA) is 95.3 Å². The molecule has 0 amide bonds. The fourth-order valence-corrected chi connectivity index (χ4v) is 3.98. The minimum absolute atomic E-state index is 0.0173. The fraction of sp³-hybridized carbons (Fsp3) is 0.250. The van der Waals surface area contributed by atoms with Crippen molar-refractivity contribution in [2.75, 3.05) is 13.4 Å². The highest BCUT2D eigenvalue weighted by Crippen LogP contribution is 2.35. The maximum atomic E-state index is 13.7. The molecule has 1 aromatic carbocycles. The highest BCUT2D eigenvalue weighted by atomic mass is 32.2. The Bertz CT molecular complexity index is 1310. The fourth-order valence-electron chi connectivity index (χ4n) is 3.33. The van der Waals surface area contributed by atoms with Crippen molar-refractivity contribution in [1.29, 1.82) is 0 Å². The third-order valence-electron chi connectivity index (χ3n) is 4.82. The molecule has 0 aliphatic heterocycles. The average molecular weight is 454 g/mol. The molecule has 0 radical (unpaired) electrons. The van der Waals surface area contributed by atoms with Crippen LogP contribution in [0.1, 0.15) is 27.2 Å². The number of pyridine rings is 1. The highest BCUT2D eigenvalue weighted by Gasteiger charge is 2.35. The summed E-state index contributed by atoms with van der Waals surface area (Å²) in [5.74, 6) is -2.06.